The van der Waals surface area contributed by atoms with Crippen LogP contribution in [0.25, 0.3) is 0 Å². The molecule has 2 rings (SSSR count). The summed E-state index contributed by atoms with van der Waals surface area (Å²) >= 11 is 1.06. The lowest BCUT2D eigenvalue weighted by Gasteiger charge is -2.11. The first-order valence-corrected chi connectivity index (χ1v) is 7.81. The van der Waals surface area contributed by atoms with Crippen LogP contribution in [0.4, 0.5) is 5.69 Å². The van der Waals surface area contributed by atoms with E-state index in [0.717, 1.165) is 11.8 Å². The third-order valence-electron chi connectivity index (χ3n) is 2.90. The van der Waals surface area contributed by atoms with Crippen LogP contribution >= 0.6 is 11.8 Å². The van der Waals surface area contributed by atoms with Crippen LogP contribution in [-0.4, -0.2) is 27.6 Å². The zero-order valence-corrected chi connectivity index (χ0v) is 13.1. The summed E-state index contributed by atoms with van der Waals surface area (Å²) in [7, 11) is 0. The van der Waals surface area contributed by atoms with Gasteiger partial charge in [0.15, 0.2) is 5.16 Å². The van der Waals surface area contributed by atoms with Crippen molar-refractivity contribution in [2.24, 2.45) is 0 Å². The van der Waals surface area contributed by atoms with Gasteiger partial charge in [-0.2, -0.15) is 0 Å². The molecule has 1 heterocycles. The molecule has 1 aromatic carbocycles. The van der Waals surface area contributed by atoms with E-state index in [0.29, 0.717) is 17.3 Å². The number of carbonyl (C=O) groups excluding carboxylic acids is 2. The Labute approximate surface area is 136 Å². The summed E-state index contributed by atoms with van der Waals surface area (Å²) in [4.78, 5) is 41.1. The zero-order chi connectivity index (χ0) is 16.8. The summed E-state index contributed by atoms with van der Waals surface area (Å²) in [5.41, 5.74) is 0.438. The smallest absolute Gasteiger partial charge is 0.251 e. The molecule has 1 aromatic heterocycles. The van der Waals surface area contributed by atoms with Gasteiger partial charge in [-0.1, -0.05) is 36.9 Å². The molecule has 2 aromatic rings. The topological polar surface area (TPSA) is 115 Å². The van der Waals surface area contributed by atoms with Gasteiger partial charge in [-0.3, -0.25) is 9.59 Å². The van der Waals surface area contributed by atoms with Crippen molar-refractivity contribution < 1.29 is 14.7 Å². The summed E-state index contributed by atoms with van der Waals surface area (Å²) in [6, 6.07) is 7.38. The molecule has 1 amide bonds. The summed E-state index contributed by atoms with van der Waals surface area (Å²) < 4.78 is 0. The molecule has 23 heavy (non-hydrogen) atoms. The number of anilines is 1. The Hall–Kier alpha value is -2.61. The van der Waals surface area contributed by atoms with Crippen LogP contribution in [0, 0.1) is 0 Å². The number of aromatic amines is 1. The van der Waals surface area contributed by atoms with E-state index in [4.69, 9.17) is 0 Å². The average molecular weight is 332 g/mol. The van der Waals surface area contributed by atoms with E-state index in [9.17, 15) is 19.5 Å². The quantitative estimate of drug-likeness (QED) is 0.585. The molecule has 0 radical (unpaired) electrons. The van der Waals surface area contributed by atoms with Crippen LogP contribution in [0.5, 0.6) is 0 Å². The molecule has 0 spiro atoms. The molecule has 8 heteroatoms. The SMILES string of the molecule is CCc1cc(=O)[nH]c(SCC(=O)Nc2ccccc2C(=O)[O-])n1. The molecule has 0 atom stereocenters. The number of rotatable bonds is 6. The second-order valence-electron chi connectivity index (χ2n) is 4.57. The third-order valence-corrected chi connectivity index (χ3v) is 3.77. The van der Waals surface area contributed by atoms with E-state index >= 15 is 0 Å². The predicted molar refractivity (Wildman–Crippen MR) is 84.4 cm³/mol. The number of thioether (sulfide) groups is 1. The Morgan fingerprint density at radius 1 is 1.35 bits per heavy atom. The second kappa shape index (κ2) is 7.59. The standard InChI is InChI=1S/C15H15N3O4S/c1-2-9-7-12(19)18-15(16-9)23-8-13(20)17-11-6-4-3-5-10(11)14(21)22/h3-7H,2,8H2,1H3,(H,17,20)(H,21,22)(H,16,18,19)/p-1. The molecule has 0 bridgehead atoms. The maximum absolute atomic E-state index is 11.9. The van der Waals surface area contributed by atoms with Gasteiger partial charge in [-0.25, -0.2) is 4.98 Å². The minimum absolute atomic E-state index is 0.0164. The van der Waals surface area contributed by atoms with Crippen molar-refractivity contribution in [2.75, 3.05) is 11.1 Å². The summed E-state index contributed by atoms with van der Waals surface area (Å²) in [6.45, 7) is 1.87. The van der Waals surface area contributed by atoms with Gasteiger partial charge in [0.2, 0.25) is 5.91 Å². The fraction of sp³-hybridized carbons (Fsp3) is 0.200. The minimum Gasteiger partial charge on any atom is -0.545 e. The monoisotopic (exact) mass is 332 g/mol. The van der Waals surface area contributed by atoms with Gasteiger partial charge in [0.1, 0.15) is 0 Å². The predicted octanol–water partition coefficient (Wildman–Crippen LogP) is 0.427. The Morgan fingerprint density at radius 2 is 2.09 bits per heavy atom. The first-order valence-electron chi connectivity index (χ1n) is 6.83. The maximum atomic E-state index is 11.9. The Balaban J connectivity index is 2.02. The van der Waals surface area contributed by atoms with Crippen molar-refractivity contribution in [2.45, 2.75) is 18.5 Å². The number of aromatic nitrogens is 2. The molecule has 0 aliphatic rings. The van der Waals surface area contributed by atoms with E-state index in [1.165, 1.54) is 18.2 Å². The Bertz CT molecular complexity index is 788. The molecule has 2 N–H and O–H groups in total. The van der Waals surface area contributed by atoms with E-state index in [1.54, 1.807) is 12.1 Å². The fourth-order valence-electron chi connectivity index (χ4n) is 1.82. The molecule has 7 nitrogen and oxygen atoms in total. The van der Waals surface area contributed by atoms with Crippen LogP contribution in [0.15, 0.2) is 40.3 Å². The van der Waals surface area contributed by atoms with Crippen molar-refractivity contribution in [1.29, 1.82) is 0 Å². The lowest BCUT2D eigenvalue weighted by molar-refractivity contribution is -0.254. The van der Waals surface area contributed by atoms with Gasteiger partial charge in [0.25, 0.3) is 5.56 Å². The van der Waals surface area contributed by atoms with Crippen LogP contribution < -0.4 is 16.0 Å². The number of nitrogens with one attached hydrogen (secondary N) is 2. The minimum atomic E-state index is -1.37. The zero-order valence-electron chi connectivity index (χ0n) is 12.3. The summed E-state index contributed by atoms with van der Waals surface area (Å²) in [5.74, 6) is -1.79. The van der Waals surface area contributed by atoms with Gasteiger partial charge < -0.3 is 20.2 Å². The van der Waals surface area contributed by atoms with Crippen LogP contribution in [0.1, 0.15) is 23.0 Å². The number of amides is 1. The van der Waals surface area contributed by atoms with Crippen molar-refractivity contribution in [1.82, 2.24) is 9.97 Å². The molecule has 0 fully saturated rings. The number of aromatic carboxylic acids is 1. The summed E-state index contributed by atoms with van der Waals surface area (Å²) in [5, 5.41) is 13.8. The first-order chi connectivity index (χ1) is 11.0. The number of carbonyl (C=O) groups is 2. The van der Waals surface area contributed by atoms with Gasteiger partial charge in [-0.05, 0) is 12.5 Å². The van der Waals surface area contributed by atoms with Crippen molar-refractivity contribution in [3.63, 3.8) is 0 Å². The first kappa shape index (κ1) is 16.8. The fourth-order valence-corrected chi connectivity index (χ4v) is 2.52. The Morgan fingerprint density at radius 3 is 2.78 bits per heavy atom. The summed E-state index contributed by atoms with van der Waals surface area (Å²) in [6.07, 6.45) is 0.614. The van der Waals surface area contributed by atoms with Gasteiger partial charge in [0.05, 0.1) is 11.7 Å². The molecule has 0 aliphatic heterocycles. The maximum Gasteiger partial charge on any atom is 0.251 e. The number of para-hydroxylation sites is 1. The highest BCUT2D eigenvalue weighted by Gasteiger charge is 2.09. The van der Waals surface area contributed by atoms with Gasteiger partial charge in [0, 0.05) is 23.0 Å². The number of carboxylic acid groups (broad SMARTS) is 1. The molecule has 120 valence electrons. The second-order valence-corrected chi connectivity index (χ2v) is 5.53. The number of nitrogens with zero attached hydrogens (tertiary/aromatic N) is 1. The lowest BCUT2D eigenvalue weighted by atomic mass is 10.2. The van der Waals surface area contributed by atoms with E-state index in [-0.39, 0.29) is 22.6 Å². The Kier molecular flexibility index (Phi) is 5.53. The molecule has 0 unspecified atom stereocenters. The number of carboxylic acids is 1. The van der Waals surface area contributed by atoms with Crippen molar-refractivity contribution in [3.05, 3.63) is 51.9 Å². The van der Waals surface area contributed by atoms with E-state index in [1.807, 2.05) is 6.92 Å². The number of hydrogen-bond acceptors (Lipinski definition) is 6. The highest BCUT2D eigenvalue weighted by molar-refractivity contribution is 7.99. The number of hydrogen-bond donors (Lipinski definition) is 2. The molecular formula is C15H14N3O4S-. The largest absolute Gasteiger partial charge is 0.545 e. The number of H-pyrrole nitrogens is 1. The number of aryl methyl sites for hydroxylation is 1. The molecular weight excluding hydrogens is 318 g/mol. The molecule has 0 aliphatic carbocycles. The van der Waals surface area contributed by atoms with Gasteiger partial charge >= 0.3 is 0 Å². The highest BCUT2D eigenvalue weighted by atomic mass is 32.2. The van der Waals surface area contributed by atoms with Crippen molar-refractivity contribution in [3.8, 4) is 0 Å². The van der Waals surface area contributed by atoms with Crippen LogP contribution in [-0.2, 0) is 11.2 Å². The highest BCUT2D eigenvalue weighted by Crippen LogP contribution is 2.16. The normalized spacial score (nSPS) is 10.3. The van der Waals surface area contributed by atoms with Gasteiger partial charge in [-0.15, -0.1) is 0 Å². The van der Waals surface area contributed by atoms with Crippen LogP contribution in [0.2, 0.25) is 0 Å². The number of benzene rings is 1. The van der Waals surface area contributed by atoms with Crippen molar-refractivity contribution >= 4 is 29.3 Å². The molecule has 0 saturated heterocycles. The average Bonchev–Trinajstić information content (AvgIpc) is 2.52. The molecule has 0 saturated carbocycles. The van der Waals surface area contributed by atoms with E-state index < -0.39 is 11.9 Å². The lowest BCUT2D eigenvalue weighted by Crippen LogP contribution is -2.25. The third kappa shape index (κ3) is 4.68. The van der Waals surface area contributed by atoms with Crippen LogP contribution in [0.3, 0.4) is 0 Å². The van der Waals surface area contributed by atoms with E-state index in [2.05, 4.69) is 15.3 Å².